The largest absolute Gasteiger partial charge is 0.339 e. The fourth-order valence-corrected chi connectivity index (χ4v) is 1.70. The van der Waals surface area contributed by atoms with Crippen LogP contribution in [0.5, 0.6) is 0 Å². The summed E-state index contributed by atoms with van der Waals surface area (Å²) in [7, 11) is 0. The van der Waals surface area contributed by atoms with Crippen molar-refractivity contribution in [2.45, 2.75) is 19.8 Å². The van der Waals surface area contributed by atoms with Gasteiger partial charge in [0.25, 0.3) is 0 Å². The number of rotatable bonds is 3. The Balaban J connectivity index is 1.96. The standard InChI is InChI=1S/C11H11IN2O/c1-8-13-11(15-14-8)7-4-9-2-5-10(12)6-3-9/h2-3,5-6H,4,7H2,1H3. The Hall–Kier alpha value is -0.910. The molecule has 0 aliphatic heterocycles. The highest BCUT2D eigenvalue weighted by Crippen LogP contribution is 2.09. The molecule has 0 atom stereocenters. The first-order valence-corrected chi connectivity index (χ1v) is 5.85. The van der Waals surface area contributed by atoms with Gasteiger partial charge in [-0.2, -0.15) is 4.98 Å². The van der Waals surface area contributed by atoms with Gasteiger partial charge in [-0.15, -0.1) is 0 Å². The molecule has 0 fully saturated rings. The predicted octanol–water partition coefficient (Wildman–Crippen LogP) is 2.77. The summed E-state index contributed by atoms with van der Waals surface area (Å²) in [4.78, 5) is 4.16. The molecule has 1 aromatic heterocycles. The first-order valence-electron chi connectivity index (χ1n) is 4.77. The molecule has 1 heterocycles. The van der Waals surface area contributed by atoms with E-state index < -0.39 is 0 Å². The maximum absolute atomic E-state index is 5.05. The van der Waals surface area contributed by atoms with Crippen molar-refractivity contribution in [2.75, 3.05) is 0 Å². The molecular weight excluding hydrogens is 303 g/mol. The van der Waals surface area contributed by atoms with Crippen LogP contribution < -0.4 is 0 Å². The number of hydrogen-bond acceptors (Lipinski definition) is 3. The first kappa shape index (κ1) is 10.6. The van der Waals surface area contributed by atoms with Gasteiger partial charge < -0.3 is 4.52 Å². The van der Waals surface area contributed by atoms with Gasteiger partial charge in [0.1, 0.15) is 0 Å². The second-order valence-electron chi connectivity index (χ2n) is 3.36. The van der Waals surface area contributed by atoms with Gasteiger partial charge in [0.2, 0.25) is 5.89 Å². The Kier molecular flexibility index (Phi) is 3.35. The number of nitrogens with zero attached hydrogens (tertiary/aromatic N) is 2. The average Bonchev–Trinajstić information content (AvgIpc) is 2.64. The van der Waals surface area contributed by atoms with Gasteiger partial charge in [-0.25, -0.2) is 0 Å². The number of halogens is 1. The summed E-state index contributed by atoms with van der Waals surface area (Å²) in [5.74, 6) is 1.42. The lowest BCUT2D eigenvalue weighted by molar-refractivity contribution is 0.374. The minimum Gasteiger partial charge on any atom is -0.339 e. The van der Waals surface area contributed by atoms with Crippen LogP contribution in [0.15, 0.2) is 28.8 Å². The normalized spacial score (nSPS) is 10.5. The minimum absolute atomic E-state index is 0.701. The molecule has 0 spiro atoms. The Morgan fingerprint density at radius 1 is 1.20 bits per heavy atom. The van der Waals surface area contributed by atoms with E-state index in [4.69, 9.17) is 4.52 Å². The van der Waals surface area contributed by atoms with Crippen molar-refractivity contribution in [3.63, 3.8) is 0 Å². The minimum atomic E-state index is 0.701. The van der Waals surface area contributed by atoms with Crippen molar-refractivity contribution in [1.29, 1.82) is 0 Å². The van der Waals surface area contributed by atoms with Gasteiger partial charge in [-0.05, 0) is 53.6 Å². The van der Waals surface area contributed by atoms with Crippen LogP contribution in [0.25, 0.3) is 0 Å². The molecule has 2 rings (SSSR count). The highest BCUT2D eigenvalue weighted by molar-refractivity contribution is 14.1. The lowest BCUT2D eigenvalue weighted by Gasteiger charge is -1.98. The second kappa shape index (κ2) is 4.74. The fourth-order valence-electron chi connectivity index (χ4n) is 1.34. The van der Waals surface area contributed by atoms with E-state index in [0.717, 1.165) is 12.8 Å². The van der Waals surface area contributed by atoms with Crippen LogP contribution in [0.4, 0.5) is 0 Å². The van der Waals surface area contributed by atoms with Gasteiger partial charge in [-0.1, -0.05) is 17.3 Å². The molecule has 0 N–H and O–H groups in total. The zero-order valence-electron chi connectivity index (χ0n) is 8.40. The number of benzene rings is 1. The van der Waals surface area contributed by atoms with Crippen molar-refractivity contribution >= 4 is 22.6 Å². The van der Waals surface area contributed by atoms with Crippen molar-refractivity contribution in [3.05, 3.63) is 45.1 Å². The van der Waals surface area contributed by atoms with Crippen molar-refractivity contribution in [2.24, 2.45) is 0 Å². The zero-order chi connectivity index (χ0) is 10.7. The van der Waals surface area contributed by atoms with Gasteiger partial charge >= 0.3 is 0 Å². The van der Waals surface area contributed by atoms with E-state index in [0.29, 0.717) is 11.7 Å². The molecule has 0 radical (unpaired) electrons. The second-order valence-corrected chi connectivity index (χ2v) is 4.61. The summed E-state index contributed by atoms with van der Waals surface area (Å²) < 4.78 is 6.30. The summed E-state index contributed by atoms with van der Waals surface area (Å²) >= 11 is 2.30. The van der Waals surface area contributed by atoms with Crippen LogP contribution >= 0.6 is 22.6 Å². The summed E-state index contributed by atoms with van der Waals surface area (Å²) in [6.45, 7) is 1.83. The van der Waals surface area contributed by atoms with Gasteiger partial charge in [0.15, 0.2) is 5.82 Å². The average molecular weight is 314 g/mol. The summed E-state index contributed by atoms with van der Waals surface area (Å²) in [5, 5.41) is 3.76. The van der Waals surface area contributed by atoms with Gasteiger partial charge in [0.05, 0.1) is 0 Å². The molecule has 0 bridgehead atoms. The van der Waals surface area contributed by atoms with E-state index >= 15 is 0 Å². The highest BCUT2D eigenvalue weighted by atomic mass is 127. The Bertz CT molecular complexity index is 436. The lowest BCUT2D eigenvalue weighted by atomic mass is 10.1. The predicted molar refractivity (Wildman–Crippen MR) is 65.6 cm³/mol. The molecule has 0 saturated carbocycles. The molecule has 1 aromatic carbocycles. The molecule has 78 valence electrons. The van der Waals surface area contributed by atoms with Crippen molar-refractivity contribution in [3.8, 4) is 0 Å². The van der Waals surface area contributed by atoms with Crippen molar-refractivity contribution in [1.82, 2.24) is 10.1 Å². The van der Waals surface area contributed by atoms with Gasteiger partial charge in [-0.3, -0.25) is 0 Å². The summed E-state index contributed by atoms with van der Waals surface area (Å²) in [5.41, 5.74) is 1.30. The molecule has 0 aliphatic carbocycles. The fraction of sp³-hybridized carbons (Fsp3) is 0.273. The van der Waals surface area contributed by atoms with Crippen molar-refractivity contribution < 1.29 is 4.52 Å². The third-order valence-electron chi connectivity index (χ3n) is 2.11. The van der Waals surface area contributed by atoms with E-state index in [1.165, 1.54) is 9.13 Å². The third kappa shape index (κ3) is 3.02. The van der Waals surface area contributed by atoms with Crippen LogP contribution in [0.1, 0.15) is 17.3 Å². The monoisotopic (exact) mass is 314 g/mol. The van der Waals surface area contributed by atoms with E-state index in [1.807, 2.05) is 6.92 Å². The van der Waals surface area contributed by atoms with Crippen LogP contribution in [-0.2, 0) is 12.8 Å². The van der Waals surface area contributed by atoms with E-state index in [-0.39, 0.29) is 0 Å². The van der Waals surface area contributed by atoms with E-state index in [1.54, 1.807) is 0 Å². The Morgan fingerprint density at radius 3 is 2.53 bits per heavy atom. The molecule has 0 saturated heterocycles. The maximum atomic E-state index is 5.05. The number of hydrogen-bond donors (Lipinski definition) is 0. The Morgan fingerprint density at radius 2 is 1.93 bits per heavy atom. The molecule has 0 unspecified atom stereocenters. The van der Waals surface area contributed by atoms with E-state index in [2.05, 4.69) is 57.0 Å². The molecule has 15 heavy (non-hydrogen) atoms. The highest BCUT2D eigenvalue weighted by Gasteiger charge is 2.02. The lowest BCUT2D eigenvalue weighted by Crippen LogP contribution is -1.91. The topological polar surface area (TPSA) is 38.9 Å². The molecule has 0 aliphatic rings. The molecule has 2 aromatic rings. The Labute approximate surface area is 102 Å². The quantitative estimate of drug-likeness (QED) is 0.818. The van der Waals surface area contributed by atoms with Crippen LogP contribution in [0.2, 0.25) is 0 Å². The smallest absolute Gasteiger partial charge is 0.226 e. The summed E-state index contributed by atoms with van der Waals surface area (Å²) in [6.07, 6.45) is 1.75. The molecule has 4 heteroatoms. The van der Waals surface area contributed by atoms with Crippen LogP contribution in [0, 0.1) is 10.5 Å². The van der Waals surface area contributed by atoms with Gasteiger partial charge in [0, 0.05) is 9.99 Å². The summed E-state index contributed by atoms with van der Waals surface area (Å²) in [6, 6.07) is 8.47. The maximum Gasteiger partial charge on any atom is 0.226 e. The molecular formula is C11H11IN2O. The molecule has 0 amide bonds. The number of aryl methyl sites for hydroxylation is 3. The van der Waals surface area contributed by atoms with Crippen LogP contribution in [0.3, 0.4) is 0 Å². The first-order chi connectivity index (χ1) is 7.24. The molecule has 3 nitrogen and oxygen atoms in total. The van der Waals surface area contributed by atoms with Crippen LogP contribution in [-0.4, -0.2) is 10.1 Å². The zero-order valence-corrected chi connectivity index (χ0v) is 10.6. The third-order valence-corrected chi connectivity index (χ3v) is 2.83. The van der Waals surface area contributed by atoms with E-state index in [9.17, 15) is 0 Å². The SMILES string of the molecule is Cc1noc(CCc2ccc(I)cc2)n1. The number of aromatic nitrogens is 2.